The highest BCUT2D eigenvalue weighted by atomic mass is 35.5. The Hall–Kier alpha value is -1.59. The van der Waals surface area contributed by atoms with E-state index in [0.717, 1.165) is 0 Å². The van der Waals surface area contributed by atoms with Crippen LogP contribution in [0.4, 0.5) is 0 Å². The summed E-state index contributed by atoms with van der Waals surface area (Å²) < 4.78 is 6.31. The van der Waals surface area contributed by atoms with Gasteiger partial charge < -0.3 is 10.5 Å². The molecule has 2 aromatic rings. The number of aromatic nitrogens is 2. The van der Waals surface area contributed by atoms with Crippen molar-refractivity contribution in [2.24, 2.45) is 5.73 Å². The van der Waals surface area contributed by atoms with E-state index in [1.165, 1.54) is 11.7 Å². The van der Waals surface area contributed by atoms with Crippen molar-refractivity contribution in [2.75, 3.05) is 7.11 Å². The van der Waals surface area contributed by atoms with Crippen molar-refractivity contribution in [3.63, 3.8) is 0 Å². The normalized spacial score (nSPS) is 10.7. The minimum absolute atomic E-state index is 0.00217. The Morgan fingerprint density at radius 3 is 2.94 bits per heavy atom. The summed E-state index contributed by atoms with van der Waals surface area (Å²) in [5, 5.41) is 0.499. The summed E-state index contributed by atoms with van der Waals surface area (Å²) in [6.45, 7) is -0.00217. The number of hydrogen-bond donors (Lipinski definition) is 1. The first-order chi connectivity index (χ1) is 7.69. The Bertz CT molecular complexity index is 594. The number of halogens is 1. The number of hydrogen-bond acceptors (Lipinski definition) is 4. The van der Waals surface area contributed by atoms with Crippen LogP contribution < -0.4 is 16.0 Å². The molecule has 6 heteroatoms. The Morgan fingerprint density at radius 1 is 1.56 bits per heavy atom. The van der Waals surface area contributed by atoms with Crippen molar-refractivity contribution < 1.29 is 4.74 Å². The molecule has 16 heavy (non-hydrogen) atoms. The van der Waals surface area contributed by atoms with E-state index in [1.54, 1.807) is 18.2 Å². The van der Waals surface area contributed by atoms with Crippen LogP contribution >= 0.6 is 11.6 Å². The molecule has 0 bridgehead atoms. The van der Waals surface area contributed by atoms with Crippen molar-refractivity contribution in [1.29, 1.82) is 0 Å². The van der Waals surface area contributed by atoms with Crippen molar-refractivity contribution in [3.8, 4) is 5.75 Å². The zero-order valence-electron chi connectivity index (χ0n) is 8.61. The van der Waals surface area contributed by atoms with Crippen LogP contribution in [-0.2, 0) is 6.67 Å². The second-order valence-electron chi connectivity index (χ2n) is 3.15. The maximum Gasteiger partial charge on any atom is 0.263 e. The highest BCUT2D eigenvalue weighted by Gasteiger charge is 2.11. The van der Waals surface area contributed by atoms with Gasteiger partial charge in [0.1, 0.15) is 11.3 Å². The van der Waals surface area contributed by atoms with Crippen LogP contribution in [0.1, 0.15) is 0 Å². The van der Waals surface area contributed by atoms with Gasteiger partial charge in [0.15, 0.2) is 0 Å². The SMILES string of the molecule is COc1cccc2c(=O)n(CN)c(Cl)nc12. The summed E-state index contributed by atoms with van der Waals surface area (Å²) in [7, 11) is 1.51. The average Bonchev–Trinajstić information content (AvgIpc) is 2.29. The minimum Gasteiger partial charge on any atom is -0.494 e. The van der Waals surface area contributed by atoms with E-state index in [9.17, 15) is 4.79 Å². The molecule has 0 radical (unpaired) electrons. The highest BCUT2D eigenvalue weighted by molar-refractivity contribution is 6.28. The Morgan fingerprint density at radius 2 is 2.31 bits per heavy atom. The van der Waals surface area contributed by atoms with E-state index in [-0.39, 0.29) is 17.5 Å². The molecule has 0 spiro atoms. The summed E-state index contributed by atoms with van der Waals surface area (Å²) in [5.74, 6) is 0.515. The van der Waals surface area contributed by atoms with Gasteiger partial charge in [0.2, 0.25) is 5.28 Å². The van der Waals surface area contributed by atoms with E-state index in [2.05, 4.69) is 4.98 Å². The van der Waals surface area contributed by atoms with E-state index in [4.69, 9.17) is 22.1 Å². The molecule has 0 aliphatic rings. The highest BCUT2D eigenvalue weighted by Crippen LogP contribution is 2.22. The molecule has 1 heterocycles. The Balaban J connectivity index is 2.92. The first kappa shape index (κ1) is 10.9. The van der Waals surface area contributed by atoms with Crippen molar-refractivity contribution in [3.05, 3.63) is 33.8 Å². The first-order valence-electron chi connectivity index (χ1n) is 4.62. The first-order valence-corrected chi connectivity index (χ1v) is 5.00. The molecule has 0 atom stereocenters. The number of ether oxygens (including phenoxy) is 1. The molecule has 2 N–H and O–H groups in total. The molecule has 2 rings (SSSR count). The molecule has 0 aliphatic heterocycles. The molecule has 1 aromatic heterocycles. The van der Waals surface area contributed by atoms with Gasteiger partial charge >= 0.3 is 0 Å². The number of methoxy groups -OCH3 is 1. The Kier molecular flexibility index (Phi) is 2.80. The van der Waals surface area contributed by atoms with Gasteiger partial charge in [0, 0.05) is 0 Å². The third-order valence-corrected chi connectivity index (χ3v) is 2.59. The average molecular weight is 240 g/mol. The molecule has 1 aromatic carbocycles. The van der Waals surface area contributed by atoms with Crippen LogP contribution in [0.25, 0.3) is 10.9 Å². The minimum atomic E-state index is -0.267. The monoisotopic (exact) mass is 239 g/mol. The lowest BCUT2D eigenvalue weighted by Gasteiger charge is -2.08. The molecule has 5 nitrogen and oxygen atoms in total. The molecule has 0 amide bonds. The number of para-hydroxylation sites is 1. The zero-order valence-corrected chi connectivity index (χ0v) is 9.36. The van der Waals surface area contributed by atoms with Crippen molar-refractivity contribution in [1.82, 2.24) is 9.55 Å². The van der Waals surface area contributed by atoms with Crippen LogP contribution in [-0.4, -0.2) is 16.7 Å². The molecule has 0 unspecified atom stereocenters. The van der Waals surface area contributed by atoms with Gasteiger partial charge in [-0.15, -0.1) is 0 Å². The fraction of sp³-hybridized carbons (Fsp3) is 0.200. The molecule has 0 saturated carbocycles. The van der Waals surface area contributed by atoms with Crippen molar-refractivity contribution >= 4 is 22.5 Å². The molecular weight excluding hydrogens is 230 g/mol. The van der Waals surface area contributed by atoms with Gasteiger partial charge in [-0.3, -0.25) is 9.36 Å². The third-order valence-electron chi connectivity index (χ3n) is 2.30. The van der Waals surface area contributed by atoms with Crippen LogP contribution in [0.15, 0.2) is 23.0 Å². The van der Waals surface area contributed by atoms with Gasteiger partial charge in [0.05, 0.1) is 19.2 Å². The fourth-order valence-electron chi connectivity index (χ4n) is 1.51. The van der Waals surface area contributed by atoms with Crippen LogP contribution in [0, 0.1) is 0 Å². The topological polar surface area (TPSA) is 70.1 Å². The predicted octanol–water partition coefficient (Wildman–Crippen LogP) is 0.975. The van der Waals surface area contributed by atoms with Crippen LogP contribution in [0.2, 0.25) is 5.28 Å². The van der Waals surface area contributed by atoms with Gasteiger partial charge in [-0.2, -0.15) is 0 Å². The summed E-state index contributed by atoms with van der Waals surface area (Å²) >= 11 is 5.85. The maximum atomic E-state index is 12.0. The summed E-state index contributed by atoms with van der Waals surface area (Å²) in [5.41, 5.74) is 5.60. The smallest absolute Gasteiger partial charge is 0.263 e. The second-order valence-corrected chi connectivity index (χ2v) is 3.49. The van der Waals surface area contributed by atoms with E-state index < -0.39 is 0 Å². The molecule has 0 fully saturated rings. The third kappa shape index (κ3) is 1.54. The lowest BCUT2D eigenvalue weighted by atomic mass is 10.2. The standard InChI is InChI=1S/C10H10ClN3O2/c1-16-7-4-2-3-6-8(7)13-10(11)14(5-12)9(6)15/h2-4H,5,12H2,1H3. The van der Waals surface area contributed by atoms with Gasteiger partial charge in [0.25, 0.3) is 5.56 Å². The number of nitrogens with two attached hydrogens (primary N) is 1. The largest absolute Gasteiger partial charge is 0.494 e. The van der Waals surface area contributed by atoms with Gasteiger partial charge in [-0.1, -0.05) is 6.07 Å². The van der Waals surface area contributed by atoms with Crippen molar-refractivity contribution in [2.45, 2.75) is 6.67 Å². The van der Waals surface area contributed by atoms with Crippen LogP contribution in [0.5, 0.6) is 5.75 Å². The van der Waals surface area contributed by atoms with Crippen LogP contribution in [0.3, 0.4) is 0 Å². The van der Waals surface area contributed by atoms with Gasteiger partial charge in [-0.25, -0.2) is 4.98 Å². The maximum absolute atomic E-state index is 12.0. The molecule has 84 valence electrons. The number of rotatable bonds is 2. The van der Waals surface area contributed by atoms with E-state index in [0.29, 0.717) is 16.7 Å². The molecular formula is C10H10ClN3O2. The number of nitrogens with zero attached hydrogens (tertiary/aromatic N) is 2. The molecule has 0 saturated heterocycles. The number of benzene rings is 1. The fourth-order valence-corrected chi connectivity index (χ4v) is 1.75. The lowest BCUT2D eigenvalue weighted by molar-refractivity contribution is 0.418. The summed E-state index contributed by atoms with van der Waals surface area (Å²) in [6, 6.07) is 5.10. The Labute approximate surface area is 96.4 Å². The second kappa shape index (κ2) is 4.11. The quantitative estimate of drug-likeness (QED) is 0.793. The predicted molar refractivity (Wildman–Crippen MR) is 61.8 cm³/mol. The van der Waals surface area contributed by atoms with E-state index in [1.807, 2.05) is 0 Å². The zero-order chi connectivity index (χ0) is 11.7. The van der Waals surface area contributed by atoms with Gasteiger partial charge in [-0.05, 0) is 23.7 Å². The van der Waals surface area contributed by atoms with E-state index >= 15 is 0 Å². The number of fused-ring (bicyclic) bond motifs is 1. The summed E-state index contributed by atoms with van der Waals surface area (Å²) in [6.07, 6.45) is 0. The molecule has 0 aliphatic carbocycles. The lowest BCUT2D eigenvalue weighted by Crippen LogP contribution is -2.25. The summed E-state index contributed by atoms with van der Waals surface area (Å²) in [4.78, 5) is 16.1.